The molecule has 0 unspecified atom stereocenters. The summed E-state index contributed by atoms with van der Waals surface area (Å²) in [7, 11) is 1.66. The van der Waals surface area contributed by atoms with Gasteiger partial charge in [-0.2, -0.15) is 0 Å². The molecule has 1 aromatic heterocycles. The maximum absolute atomic E-state index is 6.17. The highest BCUT2D eigenvalue weighted by Gasteiger charge is 2.13. The average Bonchev–Trinajstić information content (AvgIpc) is 3.26. The zero-order chi connectivity index (χ0) is 25.2. The fraction of sp³-hybridized carbons (Fsp3) is 0.258. The number of aryl methyl sites for hydroxylation is 1. The third kappa shape index (κ3) is 6.16. The summed E-state index contributed by atoms with van der Waals surface area (Å²) in [6.45, 7) is 7.71. The van der Waals surface area contributed by atoms with Crippen LogP contribution in [0.1, 0.15) is 36.7 Å². The Balaban J connectivity index is 1.41. The van der Waals surface area contributed by atoms with Crippen molar-refractivity contribution in [3.8, 4) is 17.2 Å². The Morgan fingerprint density at radius 2 is 1.75 bits per heavy atom. The predicted molar refractivity (Wildman–Crippen MR) is 147 cm³/mol. The van der Waals surface area contributed by atoms with E-state index in [9.17, 15) is 0 Å². The van der Waals surface area contributed by atoms with Crippen molar-refractivity contribution in [1.82, 2.24) is 9.55 Å². The number of nitrogens with zero attached hydrogens (tertiary/aromatic N) is 2. The Labute approximate surface area is 213 Å². The first-order valence-corrected chi connectivity index (χ1v) is 12.4. The third-order valence-corrected chi connectivity index (χ3v) is 6.01. The molecule has 186 valence electrons. The van der Waals surface area contributed by atoms with Crippen LogP contribution in [0.4, 0.5) is 0 Å². The molecule has 0 atom stereocenters. The van der Waals surface area contributed by atoms with Crippen LogP contribution in [-0.4, -0.2) is 23.3 Å². The summed E-state index contributed by atoms with van der Waals surface area (Å²) in [5.41, 5.74) is 4.33. The first kappa shape index (κ1) is 25.1. The number of imidazole rings is 1. The van der Waals surface area contributed by atoms with Gasteiger partial charge in [-0.1, -0.05) is 54.6 Å². The second-order valence-electron chi connectivity index (χ2n) is 8.52. The fourth-order valence-electron chi connectivity index (χ4n) is 4.25. The van der Waals surface area contributed by atoms with Crippen molar-refractivity contribution < 1.29 is 14.2 Å². The molecule has 0 aliphatic heterocycles. The van der Waals surface area contributed by atoms with Crippen molar-refractivity contribution in [3.05, 3.63) is 102 Å². The number of rotatable bonds is 13. The van der Waals surface area contributed by atoms with Gasteiger partial charge in [-0.25, -0.2) is 4.98 Å². The molecule has 0 saturated carbocycles. The molecule has 0 saturated heterocycles. The summed E-state index contributed by atoms with van der Waals surface area (Å²) in [4.78, 5) is 4.85. The van der Waals surface area contributed by atoms with Crippen LogP contribution in [0.25, 0.3) is 17.1 Å². The lowest BCUT2D eigenvalue weighted by Gasteiger charge is -2.14. The molecular weight excluding hydrogens is 448 g/mol. The van der Waals surface area contributed by atoms with Gasteiger partial charge >= 0.3 is 0 Å². The quantitative estimate of drug-likeness (QED) is 0.149. The second-order valence-corrected chi connectivity index (χ2v) is 8.52. The van der Waals surface area contributed by atoms with Gasteiger partial charge in [-0.05, 0) is 67.6 Å². The minimum Gasteiger partial charge on any atom is -0.493 e. The van der Waals surface area contributed by atoms with E-state index < -0.39 is 0 Å². The predicted octanol–water partition coefficient (Wildman–Crippen LogP) is 7.24. The molecule has 5 heteroatoms. The molecule has 0 N–H and O–H groups in total. The molecule has 0 amide bonds. The Morgan fingerprint density at radius 3 is 2.58 bits per heavy atom. The SMILES string of the molecule is C=CCc1ccccc1OCCCCn1c(COc2ccc(/C=C\C)cc2OC)nc2ccccc21. The van der Waals surface area contributed by atoms with E-state index in [0.717, 1.165) is 54.0 Å². The molecule has 0 bridgehead atoms. The van der Waals surface area contributed by atoms with Crippen molar-refractivity contribution in [3.63, 3.8) is 0 Å². The standard InChI is InChI=1S/C31H34N2O3/c1-4-12-24-18-19-29(30(22-24)34-3)36-23-31-32-26-15-7-8-16-27(26)33(31)20-10-11-21-35-28-17-9-6-14-25(28)13-5-2/h4-9,12,14-19,22H,2,10-11,13,20-21,23H2,1,3H3/b12-4-. The molecular formula is C31H34N2O3. The molecule has 36 heavy (non-hydrogen) atoms. The number of hydrogen-bond acceptors (Lipinski definition) is 4. The van der Waals surface area contributed by atoms with Crippen molar-refractivity contribution in [2.45, 2.75) is 39.3 Å². The number of para-hydroxylation sites is 3. The Morgan fingerprint density at radius 1 is 0.917 bits per heavy atom. The Bertz CT molecular complexity index is 1320. The third-order valence-electron chi connectivity index (χ3n) is 6.01. The number of fused-ring (bicyclic) bond motifs is 1. The van der Waals surface area contributed by atoms with E-state index in [1.54, 1.807) is 7.11 Å². The van der Waals surface area contributed by atoms with Gasteiger partial charge in [0.1, 0.15) is 18.2 Å². The summed E-state index contributed by atoms with van der Waals surface area (Å²) < 4.78 is 20.1. The van der Waals surface area contributed by atoms with E-state index >= 15 is 0 Å². The molecule has 0 spiro atoms. The van der Waals surface area contributed by atoms with E-state index in [1.807, 2.05) is 79.7 Å². The van der Waals surface area contributed by atoms with Gasteiger partial charge in [0, 0.05) is 6.54 Å². The van der Waals surface area contributed by atoms with Crippen molar-refractivity contribution in [2.75, 3.05) is 13.7 Å². The zero-order valence-corrected chi connectivity index (χ0v) is 21.2. The van der Waals surface area contributed by atoms with Gasteiger partial charge in [0.2, 0.25) is 0 Å². The normalized spacial score (nSPS) is 11.2. The highest BCUT2D eigenvalue weighted by Crippen LogP contribution is 2.30. The van der Waals surface area contributed by atoms with Crippen molar-refractivity contribution >= 4 is 17.1 Å². The smallest absolute Gasteiger partial charge is 0.161 e. The molecule has 0 aliphatic carbocycles. The maximum atomic E-state index is 6.17. The Kier molecular flexibility index (Phi) is 8.82. The number of methoxy groups -OCH3 is 1. The highest BCUT2D eigenvalue weighted by molar-refractivity contribution is 5.75. The van der Waals surface area contributed by atoms with E-state index in [1.165, 1.54) is 5.56 Å². The summed E-state index contributed by atoms with van der Waals surface area (Å²) in [6.07, 6.45) is 8.66. The van der Waals surface area contributed by atoms with Gasteiger partial charge in [0.25, 0.3) is 0 Å². The largest absolute Gasteiger partial charge is 0.493 e. The molecule has 0 radical (unpaired) electrons. The number of allylic oxidation sites excluding steroid dienone is 2. The van der Waals surface area contributed by atoms with Gasteiger partial charge < -0.3 is 18.8 Å². The first-order valence-electron chi connectivity index (χ1n) is 12.4. The summed E-state index contributed by atoms with van der Waals surface area (Å²) >= 11 is 0. The van der Waals surface area contributed by atoms with E-state index in [0.29, 0.717) is 24.7 Å². The monoisotopic (exact) mass is 482 g/mol. The zero-order valence-electron chi connectivity index (χ0n) is 21.2. The van der Waals surface area contributed by atoms with E-state index in [4.69, 9.17) is 19.2 Å². The molecule has 0 aliphatic rings. The molecule has 0 fully saturated rings. The highest BCUT2D eigenvalue weighted by atomic mass is 16.5. The van der Waals surface area contributed by atoms with Gasteiger partial charge in [0.05, 0.1) is 24.8 Å². The fourth-order valence-corrected chi connectivity index (χ4v) is 4.25. The van der Waals surface area contributed by atoms with Crippen molar-refractivity contribution in [1.29, 1.82) is 0 Å². The average molecular weight is 483 g/mol. The van der Waals surface area contributed by atoms with Gasteiger partial charge in [-0.15, -0.1) is 6.58 Å². The van der Waals surface area contributed by atoms with Gasteiger partial charge in [-0.3, -0.25) is 0 Å². The van der Waals surface area contributed by atoms with E-state index in [2.05, 4.69) is 23.3 Å². The van der Waals surface area contributed by atoms with Crippen LogP contribution in [-0.2, 0) is 19.6 Å². The molecule has 1 heterocycles. The molecule has 4 rings (SSSR count). The Hall–Kier alpha value is -3.99. The van der Waals surface area contributed by atoms with Crippen LogP contribution in [0.3, 0.4) is 0 Å². The van der Waals surface area contributed by atoms with Crippen LogP contribution >= 0.6 is 0 Å². The number of ether oxygens (including phenoxy) is 3. The lowest BCUT2D eigenvalue weighted by molar-refractivity contribution is 0.269. The van der Waals surface area contributed by atoms with Crippen LogP contribution in [0.15, 0.2) is 85.5 Å². The number of hydrogen-bond donors (Lipinski definition) is 0. The topological polar surface area (TPSA) is 45.5 Å². The van der Waals surface area contributed by atoms with Gasteiger partial charge in [0.15, 0.2) is 11.5 Å². The van der Waals surface area contributed by atoms with Crippen LogP contribution < -0.4 is 14.2 Å². The molecule has 5 nitrogen and oxygen atoms in total. The second kappa shape index (κ2) is 12.6. The first-order chi connectivity index (χ1) is 17.7. The minimum atomic E-state index is 0.361. The van der Waals surface area contributed by atoms with Crippen molar-refractivity contribution in [2.24, 2.45) is 0 Å². The number of benzene rings is 3. The number of unbranched alkanes of at least 4 members (excludes halogenated alkanes) is 1. The summed E-state index contributed by atoms with van der Waals surface area (Å²) in [5.74, 6) is 3.25. The maximum Gasteiger partial charge on any atom is 0.161 e. The summed E-state index contributed by atoms with van der Waals surface area (Å²) in [6, 6.07) is 22.3. The lowest BCUT2D eigenvalue weighted by atomic mass is 10.1. The van der Waals surface area contributed by atoms with Crippen LogP contribution in [0, 0.1) is 0 Å². The van der Waals surface area contributed by atoms with Crippen LogP contribution in [0.2, 0.25) is 0 Å². The van der Waals surface area contributed by atoms with Crippen LogP contribution in [0.5, 0.6) is 17.2 Å². The lowest BCUT2D eigenvalue weighted by Crippen LogP contribution is -2.09. The molecule has 4 aromatic rings. The minimum absolute atomic E-state index is 0.361. The van der Waals surface area contributed by atoms with E-state index in [-0.39, 0.29) is 0 Å². The molecule has 3 aromatic carbocycles. The summed E-state index contributed by atoms with van der Waals surface area (Å²) in [5, 5.41) is 0. The number of aromatic nitrogens is 2.